The van der Waals surface area contributed by atoms with Crippen LogP contribution >= 0.6 is 23.8 Å². The third-order valence-corrected chi connectivity index (χ3v) is 5.33. The minimum atomic E-state index is -4.88. The second-order valence-electron chi connectivity index (χ2n) is 7.13. The Morgan fingerprint density at radius 3 is 2.30 bits per heavy atom. The smallest absolute Gasteiger partial charge is 0.367 e. The van der Waals surface area contributed by atoms with E-state index in [2.05, 4.69) is 10.6 Å². The number of carbonyl (C=O) groups excluding carboxylic acids is 2. The van der Waals surface area contributed by atoms with E-state index in [4.69, 9.17) is 23.8 Å². The van der Waals surface area contributed by atoms with Crippen LogP contribution in [0.2, 0.25) is 5.02 Å². The summed E-state index contributed by atoms with van der Waals surface area (Å²) < 4.78 is 37.8. The molecule has 6 nitrogen and oxygen atoms in total. The van der Waals surface area contributed by atoms with Crippen LogP contribution in [0.15, 0.2) is 54.6 Å². The van der Waals surface area contributed by atoms with Crippen molar-refractivity contribution in [1.82, 2.24) is 10.2 Å². The van der Waals surface area contributed by atoms with Crippen molar-refractivity contribution in [2.75, 3.05) is 36.4 Å². The Balaban J connectivity index is 1.53. The van der Waals surface area contributed by atoms with Crippen LogP contribution < -0.4 is 15.5 Å². The number of benzene rings is 2. The Morgan fingerprint density at radius 1 is 1.03 bits per heavy atom. The predicted octanol–water partition coefficient (Wildman–Crippen LogP) is 4.08. The first kappa shape index (κ1) is 24.5. The molecule has 2 amide bonds. The molecule has 2 aromatic carbocycles. The maximum absolute atomic E-state index is 12.6. The molecule has 2 N–H and O–H groups in total. The predicted molar refractivity (Wildman–Crippen MR) is 126 cm³/mol. The maximum atomic E-state index is 12.6. The van der Waals surface area contributed by atoms with Gasteiger partial charge >= 0.3 is 12.1 Å². The van der Waals surface area contributed by atoms with Gasteiger partial charge in [0.15, 0.2) is 5.11 Å². The van der Waals surface area contributed by atoms with Gasteiger partial charge in [-0.2, -0.15) is 13.2 Å². The van der Waals surface area contributed by atoms with E-state index in [1.54, 1.807) is 29.2 Å². The topological polar surface area (TPSA) is 64.7 Å². The van der Waals surface area contributed by atoms with Gasteiger partial charge in [-0.3, -0.25) is 14.9 Å². The lowest BCUT2D eigenvalue weighted by Gasteiger charge is -2.36. The van der Waals surface area contributed by atoms with Crippen molar-refractivity contribution in [2.45, 2.75) is 6.18 Å². The molecule has 0 bridgehead atoms. The van der Waals surface area contributed by atoms with Gasteiger partial charge in [0.2, 0.25) is 5.91 Å². The van der Waals surface area contributed by atoms with Crippen molar-refractivity contribution in [3.8, 4) is 0 Å². The first-order valence-corrected chi connectivity index (χ1v) is 10.7. The summed E-state index contributed by atoms with van der Waals surface area (Å²) in [6, 6.07) is 14.3. The van der Waals surface area contributed by atoms with E-state index in [0.717, 1.165) is 10.5 Å². The maximum Gasteiger partial charge on any atom is 0.471 e. The summed E-state index contributed by atoms with van der Waals surface area (Å²) in [5.41, 5.74) is 2.03. The van der Waals surface area contributed by atoms with Crippen LogP contribution in [0, 0.1) is 0 Å². The number of hydrogen-bond acceptors (Lipinski definition) is 4. The monoisotopic (exact) mass is 496 g/mol. The van der Waals surface area contributed by atoms with E-state index in [1.165, 1.54) is 6.08 Å². The summed E-state index contributed by atoms with van der Waals surface area (Å²) in [5, 5.41) is 5.84. The van der Waals surface area contributed by atoms with Crippen LogP contribution in [0.5, 0.6) is 0 Å². The van der Waals surface area contributed by atoms with Crippen LogP contribution in [0.3, 0.4) is 0 Å². The normalized spacial score (nSPS) is 14.3. The molecule has 0 spiro atoms. The first-order valence-electron chi connectivity index (χ1n) is 9.89. The minimum Gasteiger partial charge on any atom is -0.367 e. The van der Waals surface area contributed by atoms with E-state index in [-0.39, 0.29) is 31.3 Å². The Labute approximate surface area is 199 Å². The van der Waals surface area contributed by atoms with Crippen LogP contribution in [-0.2, 0) is 9.59 Å². The third kappa shape index (κ3) is 6.93. The van der Waals surface area contributed by atoms with E-state index >= 15 is 0 Å². The Hall–Kier alpha value is -3.11. The average molecular weight is 497 g/mol. The second kappa shape index (κ2) is 10.7. The van der Waals surface area contributed by atoms with Crippen LogP contribution in [-0.4, -0.2) is 54.2 Å². The van der Waals surface area contributed by atoms with E-state index < -0.39 is 18.0 Å². The summed E-state index contributed by atoms with van der Waals surface area (Å²) in [6.45, 7) is 0.329. The molecule has 1 saturated heterocycles. The second-order valence-corrected chi connectivity index (χ2v) is 7.95. The number of nitrogens with zero attached hydrogens (tertiary/aromatic N) is 2. The molecule has 1 fully saturated rings. The zero-order valence-electron chi connectivity index (χ0n) is 17.2. The van der Waals surface area contributed by atoms with E-state index in [9.17, 15) is 22.8 Å². The molecular weight excluding hydrogens is 477 g/mol. The molecule has 1 aliphatic heterocycles. The van der Waals surface area contributed by atoms with Gasteiger partial charge in [-0.25, -0.2) is 0 Å². The van der Waals surface area contributed by atoms with Crippen LogP contribution in [0.4, 0.5) is 24.5 Å². The van der Waals surface area contributed by atoms with Gasteiger partial charge in [-0.1, -0.05) is 41.9 Å². The van der Waals surface area contributed by atoms with Crippen molar-refractivity contribution >= 4 is 58.2 Å². The largest absolute Gasteiger partial charge is 0.471 e. The zero-order valence-corrected chi connectivity index (χ0v) is 18.8. The van der Waals surface area contributed by atoms with Crippen molar-refractivity contribution in [3.63, 3.8) is 0 Å². The third-order valence-electron chi connectivity index (χ3n) is 4.82. The van der Waals surface area contributed by atoms with Crippen molar-refractivity contribution in [1.29, 1.82) is 0 Å². The molecule has 0 radical (unpaired) electrons. The fourth-order valence-electron chi connectivity index (χ4n) is 3.22. The van der Waals surface area contributed by atoms with Gasteiger partial charge in [0.25, 0.3) is 0 Å². The van der Waals surface area contributed by atoms with E-state index in [0.29, 0.717) is 16.4 Å². The molecule has 1 heterocycles. The molecule has 11 heteroatoms. The fraction of sp³-hybridized carbons (Fsp3) is 0.227. The van der Waals surface area contributed by atoms with Crippen LogP contribution in [0.25, 0.3) is 6.08 Å². The average Bonchev–Trinajstić information content (AvgIpc) is 2.77. The first-order chi connectivity index (χ1) is 15.6. The lowest BCUT2D eigenvalue weighted by Crippen LogP contribution is -2.52. The zero-order chi connectivity index (χ0) is 24.0. The van der Waals surface area contributed by atoms with Gasteiger partial charge in [-0.05, 0) is 42.1 Å². The molecule has 33 heavy (non-hydrogen) atoms. The number of piperazine rings is 1. The number of hydrogen-bond donors (Lipinski definition) is 2. The number of rotatable bonds is 4. The number of alkyl halides is 3. The highest BCUT2D eigenvalue weighted by Gasteiger charge is 2.43. The number of amides is 2. The van der Waals surface area contributed by atoms with Gasteiger partial charge in [0, 0.05) is 37.9 Å². The van der Waals surface area contributed by atoms with Crippen molar-refractivity contribution in [3.05, 3.63) is 65.2 Å². The molecule has 1 aliphatic rings. The number of halogens is 4. The van der Waals surface area contributed by atoms with Crippen LogP contribution in [0.1, 0.15) is 5.56 Å². The Morgan fingerprint density at radius 2 is 1.70 bits per heavy atom. The van der Waals surface area contributed by atoms with Gasteiger partial charge in [-0.15, -0.1) is 0 Å². The number of nitrogens with one attached hydrogen (secondary N) is 2. The SMILES string of the molecule is O=C(/C=C/c1ccccc1)NC(=S)Nc1ccc(N2CCN(C(=O)C(F)(F)F)CC2)c(Cl)c1. The molecule has 0 saturated carbocycles. The lowest BCUT2D eigenvalue weighted by molar-refractivity contribution is -0.185. The number of anilines is 2. The highest BCUT2D eigenvalue weighted by atomic mass is 35.5. The molecule has 0 aliphatic carbocycles. The summed E-state index contributed by atoms with van der Waals surface area (Å²) in [7, 11) is 0. The van der Waals surface area contributed by atoms with Crippen molar-refractivity contribution in [2.24, 2.45) is 0 Å². The number of carbonyl (C=O) groups is 2. The fourth-order valence-corrected chi connectivity index (χ4v) is 3.74. The Kier molecular flexibility index (Phi) is 7.93. The molecule has 0 aromatic heterocycles. The number of thiocarbonyl (C=S) groups is 1. The highest BCUT2D eigenvalue weighted by molar-refractivity contribution is 7.80. The quantitative estimate of drug-likeness (QED) is 0.493. The van der Waals surface area contributed by atoms with E-state index in [1.807, 2.05) is 30.3 Å². The summed E-state index contributed by atoms with van der Waals surface area (Å²) >= 11 is 11.5. The molecular formula is C22H20ClF3N4O2S. The van der Waals surface area contributed by atoms with Gasteiger partial charge < -0.3 is 15.1 Å². The molecule has 174 valence electrons. The highest BCUT2D eigenvalue weighted by Crippen LogP contribution is 2.30. The van der Waals surface area contributed by atoms with Crippen molar-refractivity contribution < 1.29 is 22.8 Å². The van der Waals surface area contributed by atoms with Gasteiger partial charge in [0.1, 0.15) is 0 Å². The van der Waals surface area contributed by atoms with Gasteiger partial charge in [0.05, 0.1) is 10.7 Å². The summed E-state index contributed by atoms with van der Waals surface area (Å²) in [6.07, 6.45) is -1.85. The minimum absolute atomic E-state index is 0.0543. The molecule has 0 atom stereocenters. The molecule has 0 unspecified atom stereocenters. The Bertz CT molecular complexity index is 1060. The summed E-state index contributed by atoms with van der Waals surface area (Å²) in [4.78, 5) is 26.0. The molecule has 2 aromatic rings. The standard InChI is InChI=1S/C22H20ClF3N4O2S/c23-17-14-16(27-21(33)28-19(31)9-6-15-4-2-1-3-5-15)7-8-18(17)29-10-12-30(13-11-29)20(32)22(24,25)26/h1-9,14H,10-13H2,(H2,27,28,31,33)/b9-6+. The lowest BCUT2D eigenvalue weighted by atomic mass is 10.2. The molecule has 3 rings (SSSR count). The summed E-state index contributed by atoms with van der Waals surface area (Å²) in [5.74, 6) is -2.23.